The molecule has 1 aliphatic rings. The van der Waals surface area contributed by atoms with E-state index in [9.17, 15) is 13.6 Å². The summed E-state index contributed by atoms with van der Waals surface area (Å²) in [6, 6.07) is 1.49. The zero-order valence-corrected chi connectivity index (χ0v) is 17.7. The second-order valence-corrected chi connectivity index (χ2v) is 8.04. The standard InChI is InChI=1S/C19H21BrF2N6O/c1-3-27-15(13(20)7-24-27)8-23-16(29)9-28-19-17(10(2)26-28)12(18(21)22)6-14(25-19)11-4-5-11/h6-7,11,18H,3-5,8-9H2,1-2H3,(H,23,29). The molecule has 29 heavy (non-hydrogen) atoms. The van der Waals surface area contributed by atoms with Crippen molar-refractivity contribution in [1.82, 2.24) is 29.9 Å². The highest BCUT2D eigenvalue weighted by Gasteiger charge is 2.29. The smallest absolute Gasteiger partial charge is 0.264 e. The molecule has 1 saturated carbocycles. The SMILES string of the molecule is CCn1ncc(Br)c1CNC(=O)Cn1nc(C)c2c(C(F)F)cc(C3CC3)nc21. The van der Waals surface area contributed by atoms with Crippen molar-refractivity contribution in [2.24, 2.45) is 0 Å². The normalized spacial score (nSPS) is 14.1. The van der Waals surface area contributed by atoms with E-state index in [-0.39, 0.29) is 23.9 Å². The van der Waals surface area contributed by atoms with Gasteiger partial charge in [-0.05, 0) is 48.7 Å². The number of halogens is 3. The first-order chi connectivity index (χ1) is 13.9. The van der Waals surface area contributed by atoms with Gasteiger partial charge >= 0.3 is 0 Å². The van der Waals surface area contributed by atoms with Crippen molar-refractivity contribution < 1.29 is 13.6 Å². The second kappa shape index (κ2) is 7.81. The van der Waals surface area contributed by atoms with Gasteiger partial charge in [0.1, 0.15) is 6.54 Å². The van der Waals surface area contributed by atoms with Crippen LogP contribution in [0.15, 0.2) is 16.7 Å². The zero-order valence-electron chi connectivity index (χ0n) is 16.1. The number of aryl methyl sites for hydroxylation is 2. The third kappa shape index (κ3) is 3.90. The molecule has 4 rings (SSSR count). The number of nitrogens with one attached hydrogen (secondary N) is 1. The fourth-order valence-corrected chi connectivity index (χ4v) is 3.92. The van der Waals surface area contributed by atoms with Crippen molar-refractivity contribution in [3.63, 3.8) is 0 Å². The van der Waals surface area contributed by atoms with Gasteiger partial charge < -0.3 is 5.32 Å². The summed E-state index contributed by atoms with van der Waals surface area (Å²) in [7, 11) is 0. The quantitative estimate of drug-likeness (QED) is 0.573. The molecule has 10 heteroatoms. The molecule has 1 aliphatic carbocycles. The van der Waals surface area contributed by atoms with Crippen molar-refractivity contribution >= 4 is 32.9 Å². The van der Waals surface area contributed by atoms with Gasteiger partial charge in [0, 0.05) is 23.7 Å². The predicted octanol–water partition coefficient (Wildman–Crippen LogP) is 3.85. The molecule has 0 bridgehead atoms. The third-order valence-corrected chi connectivity index (χ3v) is 5.76. The number of rotatable bonds is 7. The lowest BCUT2D eigenvalue weighted by atomic mass is 10.1. The van der Waals surface area contributed by atoms with E-state index in [1.807, 2.05) is 6.92 Å². The van der Waals surface area contributed by atoms with Crippen LogP contribution in [0.25, 0.3) is 11.0 Å². The monoisotopic (exact) mass is 466 g/mol. The van der Waals surface area contributed by atoms with E-state index < -0.39 is 6.43 Å². The van der Waals surface area contributed by atoms with Gasteiger partial charge in [-0.1, -0.05) is 0 Å². The number of nitrogens with zero attached hydrogens (tertiary/aromatic N) is 5. The molecule has 0 atom stereocenters. The average molecular weight is 467 g/mol. The Morgan fingerprint density at radius 1 is 1.38 bits per heavy atom. The molecular weight excluding hydrogens is 446 g/mol. The summed E-state index contributed by atoms with van der Waals surface area (Å²) in [5.41, 5.74) is 2.25. The van der Waals surface area contributed by atoms with Crippen LogP contribution < -0.4 is 5.32 Å². The van der Waals surface area contributed by atoms with Crippen LogP contribution in [0.4, 0.5) is 8.78 Å². The molecule has 1 fully saturated rings. The number of carbonyl (C=O) groups is 1. The Morgan fingerprint density at radius 2 is 2.14 bits per heavy atom. The molecule has 3 aromatic rings. The number of hydrogen-bond acceptors (Lipinski definition) is 4. The average Bonchev–Trinajstić information content (AvgIpc) is 3.41. The fraction of sp³-hybridized carbons (Fsp3) is 0.474. The number of amides is 1. The predicted molar refractivity (Wildman–Crippen MR) is 107 cm³/mol. The number of pyridine rings is 1. The van der Waals surface area contributed by atoms with Crippen LogP contribution in [0.2, 0.25) is 0 Å². The van der Waals surface area contributed by atoms with Crippen LogP contribution in [-0.4, -0.2) is 30.5 Å². The molecule has 3 aromatic heterocycles. The molecule has 7 nitrogen and oxygen atoms in total. The minimum absolute atomic E-state index is 0.0585. The Labute approximate surface area is 174 Å². The van der Waals surface area contributed by atoms with Gasteiger partial charge in [0.25, 0.3) is 6.43 Å². The molecule has 0 aromatic carbocycles. The molecular formula is C19H21BrF2N6O. The van der Waals surface area contributed by atoms with Crippen molar-refractivity contribution in [3.8, 4) is 0 Å². The Hall–Kier alpha value is -2.36. The Kier molecular flexibility index (Phi) is 5.37. The molecule has 0 radical (unpaired) electrons. The number of fused-ring (bicyclic) bond motifs is 1. The first kappa shape index (κ1) is 19.9. The first-order valence-corrected chi connectivity index (χ1v) is 10.3. The summed E-state index contributed by atoms with van der Waals surface area (Å²) in [6.45, 7) is 4.52. The van der Waals surface area contributed by atoms with E-state index in [2.05, 4.69) is 36.4 Å². The summed E-state index contributed by atoms with van der Waals surface area (Å²) >= 11 is 3.43. The molecule has 0 spiro atoms. The largest absolute Gasteiger partial charge is 0.349 e. The third-order valence-electron chi connectivity index (χ3n) is 5.10. The van der Waals surface area contributed by atoms with Gasteiger partial charge in [0.05, 0.1) is 34.0 Å². The summed E-state index contributed by atoms with van der Waals surface area (Å²) in [5.74, 6) is -0.0524. The number of hydrogen-bond donors (Lipinski definition) is 1. The van der Waals surface area contributed by atoms with E-state index in [0.29, 0.717) is 35.5 Å². The number of alkyl halides is 2. The van der Waals surface area contributed by atoms with Gasteiger partial charge in [-0.15, -0.1) is 0 Å². The van der Waals surface area contributed by atoms with Gasteiger partial charge in [-0.3, -0.25) is 9.48 Å². The van der Waals surface area contributed by atoms with Crippen molar-refractivity contribution in [2.75, 3.05) is 0 Å². The van der Waals surface area contributed by atoms with E-state index in [1.54, 1.807) is 17.8 Å². The molecule has 3 heterocycles. The highest BCUT2D eigenvalue weighted by molar-refractivity contribution is 9.10. The topological polar surface area (TPSA) is 77.6 Å². The molecule has 154 valence electrons. The zero-order chi connectivity index (χ0) is 20.7. The minimum Gasteiger partial charge on any atom is -0.349 e. The van der Waals surface area contributed by atoms with Crippen LogP contribution in [0.1, 0.15) is 54.8 Å². The Balaban J connectivity index is 1.59. The van der Waals surface area contributed by atoms with Crippen molar-refractivity contribution in [3.05, 3.63) is 39.4 Å². The molecule has 0 aliphatic heterocycles. The van der Waals surface area contributed by atoms with Crippen molar-refractivity contribution in [1.29, 1.82) is 0 Å². The van der Waals surface area contributed by atoms with Gasteiger partial charge in [0.2, 0.25) is 5.91 Å². The maximum atomic E-state index is 13.6. The molecule has 1 amide bonds. The highest BCUT2D eigenvalue weighted by Crippen LogP contribution is 2.41. The van der Waals surface area contributed by atoms with E-state index in [1.165, 1.54) is 10.7 Å². The summed E-state index contributed by atoms with van der Waals surface area (Å²) < 4.78 is 31.3. The summed E-state index contributed by atoms with van der Waals surface area (Å²) in [6.07, 6.45) is 0.976. The Morgan fingerprint density at radius 3 is 2.79 bits per heavy atom. The van der Waals surface area contributed by atoms with Crippen LogP contribution in [-0.2, 0) is 24.4 Å². The maximum absolute atomic E-state index is 13.6. The maximum Gasteiger partial charge on any atom is 0.264 e. The second-order valence-electron chi connectivity index (χ2n) is 7.18. The number of aromatic nitrogens is 5. The fourth-order valence-electron chi connectivity index (χ4n) is 3.49. The summed E-state index contributed by atoms with van der Waals surface area (Å²) in [5, 5.41) is 11.7. The van der Waals surface area contributed by atoms with Crippen LogP contribution in [0.5, 0.6) is 0 Å². The van der Waals surface area contributed by atoms with E-state index >= 15 is 0 Å². The number of carbonyl (C=O) groups excluding carboxylic acids is 1. The van der Waals surface area contributed by atoms with Gasteiger partial charge in [0.15, 0.2) is 5.65 Å². The first-order valence-electron chi connectivity index (χ1n) is 9.52. The van der Waals surface area contributed by atoms with Crippen LogP contribution in [0, 0.1) is 6.92 Å². The molecule has 1 N–H and O–H groups in total. The highest BCUT2D eigenvalue weighted by atomic mass is 79.9. The van der Waals surface area contributed by atoms with Gasteiger partial charge in [-0.25, -0.2) is 18.4 Å². The van der Waals surface area contributed by atoms with Gasteiger partial charge in [-0.2, -0.15) is 10.2 Å². The van der Waals surface area contributed by atoms with Crippen LogP contribution >= 0.6 is 15.9 Å². The minimum atomic E-state index is -2.62. The van der Waals surface area contributed by atoms with E-state index in [0.717, 1.165) is 23.0 Å². The lowest BCUT2D eigenvalue weighted by molar-refractivity contribution is -0.122. The molecule has 0 unspecified atom stereocenters. The van der Waals surface area contributed by atoms with Crippen molar-refractivity contribution in [2.45, 2.75) is 58.7 Å². The summed E-state index contributed by atoms with van der Waals surface area (Å²) in [4.78, 5) is 17.1. The lowest BCUT2D eigenvalue weighted by Crippen LogP contribution is -2.28. The lowest BCUT2D eigenvalue weighted by Gasteiger charge is -2.09. The van der Waals surface area contributed by atoms with E-state index in [4.69, 9.17) is 0 Å². The molecule has 0 saturated heterocycles. The van der Waals surface area contributed by atoms with Crippen LogP contribution in [0.3, 0.4) is 0 Å². The Bertz CT molecular complexity index is 1070.